The Balaban J connectivity index is 1.62. The third-order valence-corrected chi connectivity index (χ3v) is 5.70. The van der Waals surface area contributed by atoms with Gasteiger partial charge >= 0.3 is 0 Å². The number of hydrogen-bond acceptors (Lipinski definition) is 5. The number of thiazole rings is 1. The molecule has 2 aromatic carbocycles. The largest absolute Gasteiger partial charge is 0.491 e. The molecule has 0 aliphatic carbocycles. The van der Waals surface area contributed by atoms with E-state index >= 15 is 0 Å². The molecule has 0 amide bonds. The molecule has 0 aliphatic heterocycles. The summed E-state index contributed by atoms with van der Waals surface area (Å²) >= 11 is 1.76. The van der Waals surface area contributed by atoms with Crippen LogP contribution in [-0.2, 0) is 11.3 Å². The Morgan fingerprint density at radius 3 is 2.67 bits per heavy atom. The fraction of sp³-hybridized carbons (Fsp3) is 0.318. The minimum absolute atomic E-state index is 0.234. The summed E-state index contributed by atoms with van der Waals surface area (Å²) in [4.78, 5) is 6.04. The fourth-order valence-corrected chi connectivity index (χ4v) is 3.96. The normalized spacial score (nSPS) is 12.1. The average Bonchev–Trinajstić information content (AvgIpc) is 3.09. The van der Waals surface area contributed by atoms with Crippen LogP contribution in [0.1, 0.15) is 29.1 Å². The summed E-state index contributed by atoms with van der Waals surface area (Å²) in [7, 11) is 1.68. The standard InChI is InChI=1S/C22H26N2O2S/c1-16(21-17(2)24-22(27-21)19-9-5-4-6-10-19)23-15-18-8-7-11-20(14-18)26-13-12-25-3/h4-11,14,16,23H,12-13,15H2,1-3H3. The van der Waals surface area contributed by atoms with Crippen molar-refractivity contribution >= 4 is 11.3 Å². The number of benzene rings is 2. The Hall–Kier alpha value is -2.21. The molecule has 5 heteroatoms. The molecular formula is C22H26N2O2S. The third kappa shape index (κ3) is 5.39. The summed E-state index contributed by atoms with van der Waals surface area (Å²) < 4.78 is 10.7. The van der Waals surface area contributed by atoms with Crippen LogP contribution in [0.3, 0.4) is 0 Å². The molecule has 0 aliphatic rings. The molecule has 4 nitrogen and oxygen atoms in total. The van der Waals surface area contributed by atoms with Gasteiger partial charge in [0.05, 0.1) is 12.3 Å². The Bertz CT molecular complexity index is 849. The van der Waals surface area contributed by atoms with Crippen molar-refractivity contribution < 1.29 is 9.47 Å². The smallest absolute Gasteiger partial charge is 0.123 e. The number of aryl methyl sites for hydroxylation is 1. The maximum Gasteiger partial charge on any atom is 0.123 e. The Morgan fingerprint density at radius 2 is 1.89 bits per heavy atom. The number of ether oxygens (including phenoxy) is 2. The number of aromatic nitrogens is 1. The van der Waals surface area contributed by atoms with Gasteiger partial charge in [0.25, 0.3) is 0 Å². The summed E-state index contributed by atoms with van der Waals surface area (Å²) in [6, 6.07) is 18.8. The highest BCUT2D eigenvalue weighted by atomic mass is 32.1. The Labute approximate surface area is 165 Å². The van der Waals surface area contributed by atoms with Crippen molar-refractivity contribution in [1.29, 1.82) is 0 Å². The fourth-order valence-electron chi connectivity index (χ4n) is 2.87. The zero-order chi connectivity index (χ0) is 19.1. The third-order valence-electron chi connectivity index (χ3n) is 4.31. The van der Waals surface area contributed by atoms with Gasteiger partial charge in [-0.25, -0.2) is 4.98 Å². The first-order chi connectivity index (χ1) is 13.2. The summed E-state index contributed by atoms with van der Waals surface area (Å²) in [5, 5.41) is 4.68. The lowest BCUT2D eigenvalue weighted by Crippen LogP contribution is -2.18. The van der Waals surface area contributed by atoms with E-state index in [-0.39, 0.29) is 6.04 Å². The van der Waals surface area contributed by atoms with Gasteiger partial charge in [-0.05, 0) is 31.5 Å². The molecule has 142 valence electrons. The van der Waals surface area contributed by atoms with E-state index in [1.807, 2.05) is 18.2 Å². The van der Waals surface area contributed by atoms with Gasteiger partial charge in [-0.15, -0.1) is 11.3 Å². The zero-order valence-corrected chi connectivity index (χ0v) is 16.9. The SMILES string of the molecule is COCCOc1cccc(CNC(C)c2sc(-c3ccccc3)nc2C)c1. The molecule has 1 N–H and O–H groups in total. The molecule has 3 aromatic rings. The Kier molecular flexibility index (Phi) is 6.98. The number of methoxy groups -OCH3 is 1. The van der Waals surface area contributed by atoms with Gasteiger partial charge in [-0.3, -0.25) is 0 Å². The van der Waals surface area contributed by atoms with Gasteiger partial charge in [0.2, 0.25) is 0 Å². The first kappa shape index (κ1) is 19.5. The lowest BCUT2D eigenvalue weighted by molar-refractivity contribution is 0.146. The summed E-state index contributed by atoms with van der Waals surface area (Å²) in [5.41, 5.74) is 3.46. The van der Waals surface area contributed by atoms with Gasteiger partial charge in [0.15, 0.2) is 0 Å². The van der Waals surface area contributed by atoms with E-state index in [2.05, 4.69) is 55.6 Å². The second-order valence-electron chi connectivity index (χ2n) is 6.43. The molecule has 0 spiro atoms. The monoisotopic (exact) mass is 382 g/mol. The molecule has 1 aromatic heterocycles. The van der Waals surface area contributed by atoms with E-state index < -0.39 is 0 Å². The highest BCUT2D eigenvalue weighted by Crippen LogP contribution is 2.31. The average molecular weight is 383 g/mol. The van der Waals surface area contributed by atoms with Crippen molar-refractivity contribution in [3.63, 3.8) is 0 Å². The van der Waals surface area contributed by atoms with E-state index in [1.165, 1.54) is 16.0 Å². The van der Waals surface area contributed by atoms with Crippen LogP contribution in [0.5, 0.6) is 5.75 Å². The van der Waals surface area contributed by atoms with Crippen molar-refractivity contribution in [2.75, 3.05) is 20.3 Å². The van der Waals surface area contributed by atoms with Gasteiger partial charge in [0.1, 0.15) is 17.4 Å². The molecule has 1 unspecified atom stereocenters. The van der Waals surface area contributed by atoms with Crippen LogP contribution in [0.2, 0.25) is 0 Å². The van der Waals surface area contributed by atoms with Crippen molar-refractivity contribution in [3.05, 3.63) is 70.7 Å². The van der Waals surface area contributed by atoms with Crippen molar-refractivity contribution in [2.45, 2.75) is 26.4 Å². The number of rotatable bonds is 9. The lowest BCUT2D eigenvalue weighted by atomic mass is 10.2. The van der Waals surface area contributed by atoms with Gasteiger partial charge in [0, 0.05) is 30.1 Å². The van der Waals surface area contributed by atoms with E-state index in [4.69, 9.17) is 14.5 Å². The van der Waals surface area contributed by atoms with Gasteiger partial charge in [-0.1, -0.05) is 42.5 Å². The first-order valence-electron chi connectivity index (χ1n) is 9.14. The highest BCUT2D eigenvalue weighted by molar-refractivity contribution is 7.15. The topological polar surface area (TPSA) is 43.4 Å². The number of nitrogens with zero attached hydrogens (tertiary/aromatic N) is 1. The molecular weight excluding hydrogens is 356 g/mol. The van der Waals surface area contributed by atoms with Crippen molar-refractivity contribution in [3.8, 4) is 16.3 Å². The second-order valence-corrected chi connectivity index (χ2v) is 7.46. The van der Waals surface area contributed by atoms with Gasteiger partial charge < -0.3 is 14.8 Å². The molecule has 0 saturated carbocycles. The highest BCUT2D eigenvalue weighted by Gasteiger charge is 2.15. The molecule has 0 fully saturated rings. The summed E-state index contributed by atoms with van der Waals surface area (Å²) in [6.45, 7) is 6.20. The van der Waals surface area contributed by atoms with Crippen LogP contribution < -0.4 is 10.1 Å². The predicted molar refractivity (Wildman–Crippen MR) is 111 cm³/mol. The summed E-state index contributed by atoms with van der Waals surface area (Å²) in [6.07, 6.45) is 0. The van der Waals surface area contributed by atoms with E-state index in [0.29, 0.717) is 13.2 Å². The molecule has 27 heavy (non-hydrogen) atoms. The Morgan fingerprint density at radius 1 is 1.07 bits per heavy atom. The molecule has 3 rings (SSSR count). The van der Waals surface area contributed by atoms with E-state index in [9.17, 15) is 0 Å². The maximum atomic E-state index is 5.69. The summed E-state index contributed by atoms with van der Waals surface area (Å²) in [5.74, 6) is 0.874. The van der Waals surface area contributed by atoms with E-state index in [0.717, 1.165) is 23.0 Å². The van der Waals surface area contributed by atoms with Crippen molar-refractivity contribution in [1.82, 2.24) is 10.3 Å². The van der Waals surface area contributed by atoms with Crippen LogP contribution in [-0.4, -0.2) is 25.3 Å². The molecule has 0 radical (unpaired) electrons. The molecule has 0 saturated heterocycles. The quantitative estimate of drug-likeness (QED) is 0.529. The maximum absolute atomic E-state index is 5.69. The number of nitrogens with one attached hydrogen (secondary N) is 1. The van der Waals surface area contributed by atoms with Crippen LogP contribution in [0.25, 0.3) is 10.6 Å². The van der Waals surface area contributed by atoms with Crippen LogP contribution >= 0.6 is 11.3 Å². The van der Waals surface area contributed by atoms with Crippen molar-refractivity contribution in [2.24, 2.45) is 0 Å². The number of hydrogen-bond donors (Lipinski definition) is 1. The second kappa shape index (κ2) is 9.65. The van der Waals surface area contributed by atoms with E-state index in [1.54, 1.807) is 18.4 Å². The molecule has 1 atom stereocenters. The minimum Gasteiger partial charge on any atom is -0.491 e. The van der Waals surface area contributed by atoms with Crippen LogP contribution in [0.15, 0.2) is 54.6 Å². The first-order valence-corrected chi connectivity index (χ1v) is 9.96. The van der Waals surface area contributed by atoms with Crippen LogP contribution in [0.4, 0.5) is 0 Å². The zero-order valence-electron chi connectivity index (χ0n) is 16.1. The lowest BCUT2D eigenvalue weighted by Gasteiger charge is -2.14. The molecule has 0 bridgehead atoms. The van der Waals surface area contributed by atoms with Crippen LogP contribution in [0, 0.1) is 6.92 Å². The van der Waals surface area contributed by atoms with Gasteiger partial charge in [-0.2, -0.15) is 0 Å². The minimum atomic E-state index is 0.234. The predicted octanol–water partition coefficient (Wildman–Crippen LogP) is 4.99. The molecule has 1 heterocycles.